The van der Waals surface area contributed by atoms with Crippen LogP contribution in [0.5, 0.6) is 0 Å². The highest BCUT2D eigenvalue weighted by molar-refractivity contribution is 7.99. The first-order valence-corrected chi connectivity index (χ1v) is 6.36. The lowest BCUT2D eigenvalue weighted by atomic mass is 10.4. The van der Waals surface area contributed by atoms with E-state index in [1.807, 2.05) is 0 Å². The lowest BCUT2D eigenvalue weighted by Crippen LogP contribution is -2.05. The van der Waals surface area contributed by atoms with Crippen LogP contribution in [-0.2, 0) is 9.53 Å². The van der Waals surface area contributed by atoms with Crippen molar-refractivity contribution in [2.75, 3.05) is 24.7 Å². The van der Waals surface area contributed by atoms with E-state index in [0.717, 1.165) is 17.8 Å². The van der Waals surface area contributed by atoms with Crippen molar-refractivity contribution < 1.29 is 18.3 Å². The van der Waals surface area contributed by atoms with Gasteiger partial charge in [0.2, 0.25) is 0 Å². The Balaban J connectivity index is 2.69. The third kappa shape index (κ3) is 4.14. The van der Waals surface area contributed by atoms with Crippen LogP contribution in [0, 0.1) is 11.6 Å². The highest BCUT2D eigenvalue weighted by Crippen LogP contribution is 2.24. The fourth-order valence-corrected chi connectivity index (χ4v) is 1.99. The van der Waals surface area contributed by atoms with Gasteiger partial charge in [0.25, 0.3) is 0 Å². The average Bonchev–Trinajstić information content (AvgIpc) is 2.34. The molecule has 0 amide bonds. The summed E-state index contributed by atoms with van der Waals surface area (Å²) in [5.74, 6) is -1.50. The molecule has 1 rings (SSSR count). The molecule has 1 aromatic rings. The van der Waals surface area contributed by atoms with Crippen LogP contribution in [0.15, 0.2) is 11.1 Å². The molecule has 0 bridgehead atoms. The van der Waals surface area contributed by atoms with E-state index in [-0.39, 0.29) is 23.2 Å². The molecule has 0 aliphatic heterocycles. The number of carbonyl (C=O) groups excluding carboxylic acids is 1. The van der Waals surface area contributed by atoms with Crippen molar-refractivity contribution >= 4 is 23.5 Å². The highest BCUT2D eigenvalue weighted by Gasteiger charge is 2.12. The average molecular weight is 276 g/mol. The lowest BCUT2D eigenvalue weighted by molar-refractivity contribution is -0.140. The summed E-state index contributed by atoms with van der Waals surface area (Å²) in [6, 6.07) is 0.783. The maximum atomic E-state index is 13.4. The molecular weight excluding hydrogens is 262 g/mol. The van der Waals surface area contributed by atoms with E-state index in [1.165, 1.54) is 7.11 Å². The zero-order valence-electron chi connectivity index (χ0n) is 10.1. The minimum Gasteiger partial charge on any atom is -0.469 e. The highest BCUT2D eigenvalue weighted by atomic mass is 32.2. The standard InChI is InChI=1S/C11H14F2N2O2S/c1-3-14-10-7(12)6-8(13)11(15-10)18-5-4-9(16)17-2/h6H,3-5H2,1-2H3,(H,14,15). The maximum absolute atomic E-state index is 13.4. The number of nitrogens with zero attached hydrogens (tertiary/aromatic N) is 1. The Morgan fingerprint density at radius 1 is 1.50 bits per heavy atom. The third-order valence-electron chi connectivity index (χ3n) is 2.01. The molecule has 0 aliphatic rings. The molecule has 18 heavy (non-hydrogen) atoms. The first-order valence-electron chi connectivity index (χ1n) is 5.38. The lowest BCUT2D eigenvalue weighted by Gasteiger charge is -2.07. The maximum Gasteiger partial charge on any atom is 0.306 e. The van der Waals surface area contributed by atoms with E-state index >= 15 is 0 Å². The molecule has 0 saturated heterocycles. The molecule has 0 spiro atoms. The molecule has 0 fully saturated rings. The largest absolute Gasteiger partial charge is 0.469 e. The van der Waals surface area contributed by atoms with Crippen LogP contribution < -0.4 is 5.32 Å². The zero-order valence-corrected chi connectivity index (χ0v) is 10.9. The van der Waals surface area contributed by atoms with Gasteiger partial charge in [-0.25, -0.2) is 13.8 Å². The number of ether oxygens (including phenoxy) is 1. The van der Waals surface area contributed by atoms with Gasteiger partial charge in [-0.2, -0.15) is 0 Å². The number of aromatic nitrogens is 1. The molecule has 0 atom stereocenters. The summed E-state index contributed by atoms with van der Waals surface area (Å²) >= 11 is 1.05. The molecule has 0 aromatic carbocycles. The SMILES string of the molecule is CCNc1nc(SCCC(=O)OC)c(F)cc1F. The van der Waals surface area contributed by atoms with E-state index < -0.39 is 11.6 Å². The molecule has 1 heterocycles. The molecule has 0 unspecified atom stereocenters. The van der Waals surface area contributed by atoms with Gasteiger partial charge in [-0.3, -0.25) is 4.79 Å². The van der Waals surface area contributed by atoms with Crippen molar-refractivity contribution in [2.24, 2.45) is 0 Å². The van der Waals surface area contributed by atoms with Gasteiger partial charge >= 0.3 is 5.97 Å². The Labute approximate surface area is 108 Å². The Bertz CT molecular complexity index is 430. The Morgan fingerprint density at radius 3 is 2.83 bits per heavy atom. The minimum atomic E-state index is -0.732. The quantitative estimate of drug-likeness (QED) is 0.639. The van der Waals surface area contributed by atoms with Crippen LogP contribution in [0.4, 0.5) is 14.6 Å². The molecular formula is C11H14F2N2O2S. The number of methoxy groups -OCH3 is 1. The summed E-state index contributed by atoms with van der Waals surface area (Å²) in [7, 11) is 1.28. The van der Waals surface area contributed by atoms with Crippen molar-refractivity contribution in [2.45, 2.75) is 18.4 Å². The number of pyridine rings is 1. The number of carbonyl (C=O) groups is 1. The summed E-state index contributed by atoms with van der Waals surface area (Å²) in [6.07, 6.45) is 0.149. The second kappa shape index (κ2) is 7.15. The predicted molar refractivity (Wildman–Crippen MR) is 65.7 cm³/mol. The smallest absolute Gasteiger partial charge is 0.306 e. The summed E-state index contributed by atoms with van der Waals surface area (Å²) < 4.78 is 31.1. The van der Waals surface area contributed by atoms with Gasteiger partial charge in [-0.05, 0) is 6.92 Å². The summed E-state index contributed by atoms with van der Waals surface area (Å²) in [6.45, 7) is 2.27. The second-order valence-electron chi connectivity index (χ2n) is 3.31. The monoisotopic (exact) mass is 276 g/mol. The molecule has 0 radical (unpaired) electrons. The van der Waals surface area contributed by atoms with Crippen molar-refractivity contribution in [1.82, 2.24) is 4.98 Å². The topological polar surface area (TPSA) is 51.2 Å². The van der Waals surface area contributed by atoms with Gasteiger partial charge in [-0.15, -0.1) is 11.8 Å². The van der Waals surface area contributed by atoms with Crippen LogP contribution >= 0.6 is 11.8 Å². The molecule has 1 aromatic heterocycles. The number of halogens is 2. The fraction of sp³-hybridized carbons (Fsp3) is 0.455. The van der Waals surface area contributed by atoms with Crippen molar-refractivity contribution in [3.05, 3.63) is 17.7 Å². The van der Waals surface area contributed by atoms with Crippen LogP contribution in [0.25, 0.3) is 0 Å². The number of rotatable bonds is 6. The normalized spacial score (nSPS) is 10.2. The number of hydrogen-bond donors (Lipinski definition) is 1. The Hall–Kier alpha value is -1.37. The van der Waals surface area contributed by atoms with Crippen LogP contribution in [-0.4, -0.2) is 30.4 Å². The summed E-state index contributed by atoms with van der Waals surface area (Å²) in [5, 5.41) is 2.76. The molecule has 1 N–H and O–H groups in total. The third-order valence-corrected chi connectivity index (χ3v) is 2.98. The predicted octanol–water partition coefficient (Wildman–Crippen LogP) is 2.45. The molecule has 100 valence electrons. The Kier molecular flexibility index (Phi) is 5.84. The number of anilines is 1. The van der Waals surface area contributed by atoms with Crippen LogP contribution in [0.3, 0.4) is 0 Å². The minimum absolute atomic E-state index is 0.0134. The van der Waals surface area contributed by atoms with Crippen molar-refractivity contribution in [1.29, 1.82) is 0 Å². The van der Waals surface area contributed by atoms with Gasteiger partial charge in [0, 0.05) is 18.4 Å². The van der Waals surface area contributed by atoms with Gasteiger partial charge in [0.15, 0.2) is 17.5 Å². The first kappa shape index (κ1) is 14.7. The fourth-order valence-electron chi connectivity index (χ4n) is 1.18. The molecule has 0 saturated carbocycles. The van der Waals surface area contributed by atoms with Crippen LogP contribution in [0.2, 0.25) is 0 Å². The van der Waals surface area contributed by atoms with E-state index in [0.29, 0.717) is 12.3 Å². The number of thioether (sulfide) groups is 1. The van der Waals surface area contributed by atoms with E-state index in [1.54, 1.807) is 6.92 Å². The number of nitrogens with one attached hydrogen (secondary N) is 1. The van der Waals surface area contributed by atoms with Gasteiger partial charge in [0.1, 0.15) is 5.03 Å². The molecule has 7 heteroatoms. The summed E-state index contributed by atoms with van der Waals surface area (Å²) in [5.41, 5.74) is 0. The Morgan fingerprint density at radius 2 is 2.22 bits per heavy atom. The van der Waals surface area contributed by atoms with Gasteiger partial charge in [-0.1, -0.05) is 0 Å². The second-order valence-corrected chi connectivity index (χ2v) is 4.39. The molecule has 4 nitrogen and oxygen atoms in total. The van der Waals surface area contributed by atoms with Crippen LogP contribution in [0.1, 0.15) is 13.3 Å². The van der Waals surface area contributed by atoms with Gasteiger partial charge in [0.05, 0.1) is 13.5 Å². The number of hydrogen-bond acceptors (Lipinski definition) is 5. The van der Waals surface area contributed by atoms with E-state index in [9.17, 15) is 13.6 Å². The van der Waals surface area contributed by atoms with Crippen molar-refractivity contribution in [3.8, 4) is 0 Å². The van der Waals surface area contributed by atoms with E-state index in [4.69, 9.17) is 0 Å². The summed E-state index contributed by atoms with van der Waals surface area (Å²) in [4.78, 5) is 14.7. The van der Waals surface area contributed by atoms with Gasteiger partial charge < -0.3 is 10.1 Å². The first-order chi connectivity index (χ1) is 8.58. The number of esters is 1. The van der Waals surface area contributed by atoms with Crippen molar-refractivity contribution in [3.63, 3.8) is 0 Å². The molecule has 0 aliphatic carbocycles. The zero-order chi connectivity index (χ0) is 13.5. The van der Waals surface area contributed by atoms with E-state index in [2.05, 4.69) is 15.0 Å².